The summed E-state index contributed by atoms with van der Waals surface area (Å²) in [7, 11) is 4.33. The summed E-state index contributed by atoms with van der Waals surface area (Å²) in [5.74, 6) is 0.0709. The highest BCUT2D eigenvalue weighted by Gasteiger charge is 2.76. The Morgan fingerprint density at radius 1 is 1.24 bits per heavy atom. The van der Waals surface area contributed by atoms with Gasteiger partial charge in [-0.3, -0.25) is 0 Å². The van der Waals surface area contributed by atoms with E-state index >= 15 is 0 Å². The number of nitrogens with two attached hydrogens (primary N) is 1. The monoisotopic (exact) mass is 390 g/mol. The number of quaternary nitrogens is 1. The second-order valence-corrected chi connectivity index (χ2v) is 10.9. The molecule has 4 atom stereocenters. The van der Waals surface area contributed by atoms with Crippen LogP contribution in [0.1, 0.15) is 64.3 Å². The summed E-state index contributed by atoms with van der Waals surface area (Å²) in [5, 5.41) is 16.2. The molecule has 1 saturated carbocycles. The SMILES string of the molecule is C=C[C@@]1(C)CC[C@@H]2C(C)(C)c3cccc4[nH]c5c(c34)[C@@]2(O)[C@]1([NH2+][CH2-])C(=C)C5(C)C. The van der Waals surface area contributed by atoms with Crippen molar-refractivity contribution < 1.29 is 10.4 Å². The first-order valence-corrected chi connectivity index (χ1v) is 10.8. The molecular formula is C26H34N2O. The lowest BCUT2D eigenvalue weighted by Gasteiger charge is -2.69. The van der Waals surface area contributed by atoms with Gasteiger partial charge in [0.15, 0.2) is 5.60 Å². The Hall–Kier alpha value is -1.84. The zero-order valence-corrected chi connectivity index (χ0v) is 18.4. The van der Waals surface area contributed by atoms with E-state index in [2.05, 4.69) is 78.0 Å². The predicted octanol–water partition coefficient (Wildman–Crippen LogP) is 4.19. The lowest BCUT2D eigenvalue weighted by atomic mass is 9.38. The second-order valence-electron chi connectivity index (χ2n) is 10.9. The van der Waals surface area contributed by atoms with E-state index in [1.54, 1.807) is 0 Å². The first kappa shape index (κ1) is 19.1. The molecule has 2 aromatic rings. The zero-order chi connectivity index (χ0) is 21.2. The smallest absolute Gasteiger partial charge is 0.153 e. The van der Waals surface area contributed by atoms with Gasteiger partial charge in [0.1, 0.15) is 5.54 Å². The molecule has 3 heteroatoms. The highest BCUT2D eigenvalue weighted by atomic mass is 16.3. The number of aromatic amines is 1. The number of H-pyrrole nitrogens is 1. The summed E-state index contributed by atoms with van der Waals surface area (Å²) >= 11 is 0. The lowest BCUT2D eigenvalue weighted by molar-refractivity contribution is -0.710. The first-order chi connectivity index (χ1) is 13.4. The van der Waals surface area contributed by atoms with E-state index in [9.17, 15) is 5.11 Å². The van der Waals surface area contributed by atoms with Crippen molar-refractivity contribution >= 4 is 10.9 Å². The van der Waals surface area contributed by atoms with Crippen LogP contribution >= 0.6 is 0 Å². The second kappa shape index (κ2) is 5.07. The van der Waals surface area contributed by atoms with Crippen molar-refractivity contribution in [3.8, 4) is 0 Å². The minimum absolute atomic E-state index is 0.0709. The van der Waals surface area contributed by atoms with Gasteiger partial charge >= 0.3 is 0 Å². The van der Waals surface area contributed by atoms with E-state index in [1.165, 1.54) is 10.9 Å². The zero-order valence-electron chi connectivity index (χ0n) is 18.4. The van der Waals surface area contributed by atoms with Crippen LogP contribution in [0, 0.1) is 18.4 Å². The number of nitrogens with one attached hydrogen (secondary N) is 1. The molecule has 29 heavy (non-hydrogen) atoms. The molecule has 0 unspecified atom stereocenters. The van der Waals surface area contributed by atoms with Crippen LogP contribution in [0.25, 0.3) is 10.9 Å². The quantitative estimate of drug-likeness (QED) is 0.523. The molecule has 4 N–H and O–H groups in total. The molecule has 0 saturated heterocycles. The van der Waals surface area contributed by atoms with Gasteiger partial charge in [0.2, 0.25) is 0 Å². The molecule has 3 aliphatic rings. The summed E-state index contributed by atoms with van der Waals surface area (Å²) < 4.78 is 0. The van der Waals surface area contributed by atoms with Gasteiger partial charge in [0.05, 0.1) is 0 Å². The molecule has 0 radical (unpaired) electrons. The highest BCUT2D eigenvalue weighted by molar-refractivity contribution is 5.93. The predicted molar refractivity (Wildman–Crippen MR) is 118 cm³/mol. The van der Waals surface area contributed by atoms with Crippen molar-refractivity contribution in [2.24, 2.45) is 11.3 Å². The molecule has 1 aromatic carbocycles. The van der Waals surface area contributed by atoms with Gasteiger partial charge in [-0.25, -0.2) is 0 Å². The van der Waals surface area contributed by atoms with Crippen molar-refractivity contribution in [3.05, 3.63) is 66.9 Å². The van der Waals surface area contributed by atoms with Crippen molar-refractivity contribution in [2.45, 2.75) is 69.4 Å². The molecule has 0 bridgehead atoms. The summed E-state index contributed by atoms with van der Waals surface area (Å²) in [6, 6.07) is 6.54. The molecule has 0 spiro atoms. The molecule has 1 fully saturated rings. The molecule has 154 valence electrons. The van der Waals surface area contributed by atoms with Crippen LogP contribution in [0.2, 0.25) is 0 Å². The molecule has 3 nitrogen and oxygen atoms in total. The standard InChI is InChI=1S/C26H34N2O/c1-9-24(7)14-13-18-23(5,6)16-11-10-12-17-19(16)20-21(28-17)22(3,4)15(2)26(24,27-8)25(18,20)29/h9-12,18,28-29H,1-2,8,13-14,27H2,3-7H3/t18-,24+,25-,26+/m1/s1. The van der Waals surface area contributed by atoms with Crippen LogP contribution in [0.15, 0.2) is 43.0 Å². The summed E-state index contributed by atoms with van der Waals surface area (Å²) in [6.07, 6.45) is 3.95. The van der Waals surface area contributed by atoms with Gasteiger partial charge in [-0.2, -0.15) is 7.05 Å². The van der Waals surface area contributed by atoms with E-state index in [0.29, 0.717) is 0 Å². The minimum Gasteiger partial charge on any atom is -0.467 e. The van der Waals surface area contributed by atoms with E-state index < -0.39 is 11.1 Å². The van der Waals surface area contributed by atoms with Crippen LogP contribution in [-0.4, -0.2) is 15.6 Å². The highest BCUT2D eigenvalue weighted by Crippen LogP contribution is 2.70. The van der Waals surface area contributed by atoms with Crippen molar-refractivity contribution in [2.75, 3.05) is 0 Å². The third-order valence-electron chi connectivity index (χ3n) is 9.34. The van der Waals surface area contributed by atoms with Crippen molar-refractivity contribution in [3.63, 3.8) is 0 Å². The molecule has 0 amide bonds. The maximum atomic E-state index is 13.0. The third kappa shape index (κ3) is 1.65. The van der Waals surface area contributed by atoms with Crippen molar-refractivity contribution in [1.82, 2.24) is 4.98 Å². The third-order valence-corrected chi connectivity index (χ3v) is 9.34. The van der Waals surface area contributed by atoms with Gasteiger partial charge in [0.25, 0.3) is 0 Å². The normalized spacial score (nSPS) is 38.9. The fourth-order valence-corrected chi connectivity index (χ4v) is 7.63. The molecule has 0 aliphatic heterocycles. The van der Waals surface area contributed by atoms with E-state index in [0.717, 1.165) is 35.2 Å². The number of hydrogen-bond acceptors (Lipinski definition) is 1. The topological polar surface area (TPSA) is 52.6 Å². The van der Waals surface area contributed by atoms with Crippen LogP contribution in [-0.2, 0) is 16.4 Å². The fraction of sp³-hybridized carbons (Fsp3) is 0.500. The maximum absolute atomic E-state index is 13.0. The number of benzene rings is 1. The van der Waals surface area contributed by atoms with Crippen LogP contribution in [0.5, 0.6) is 0 Å². The molecule has 1 heterocycles. The Balaban J connectivity index is 2.07. The number of aromatic nitrogens is 1. The van der Waals surface area contributed by atoms with Gasteiger partial charge in [0, 0.05) is 38.9 Å². The average molecular weight is 391 g/mol. The largest absolute Gasteiger partial charge is 0.467 e. The average Bonchev–Trinajstić information content (AvgIpc) is 3.07. The summed E-state index contributed by atoms with van der Waals surface area (Å²) in [6.45, 7) is 20.2. The fourth-order valence-electron chi connectivity index (χ4n) is 7.63. The minimum atomic E-state index is -1.08. The van der Waals surface area contributed by atoms with Crippen LogP contribution in [0.3, 0.4) is 0 Å². The Kier molecular flexibility index (Phi) is 3.35. The number of hydrogen-bond donors (Lipinski definition) is 3. The molecular weight excluding hydrogens is 356 g/mol. The molecule has 5 rings (SSSR count). The maximum Gasteiger partial charge on any atom is 0.153 e. The van der Waals surface area contributed by atoms with Gasteiger partial charge in [-0.05, 0) is 42.4 Å². The van der Waals surface area contributed by atoms with E-state index in [1.807, 2.05) is 11.4 Å². The van der Waals surface area contributed by atoms with Crippen LogP contribution < -0.4 is 5.32 Å². The van der Waals surface area contributed by atoms with E-state index in [-0.39, 0.29) is 22.2 Å². The number of rotatable bonds is 2. The Morgan fingerprint density at radius 2 is 1.93 bits per heavy atom. The Bertz CT molecular complexity index is 1090. The summed E-state index contributed by atoms with van der Waals surface area (Å²) in [4.78, 5) is 3.71. The molecule has 1 aromatic heterocycles. The Morgan fingerprint density at radius 3 is 2.55 bits per heavy atom. The van der Waals surface area contributed by atoms with E-state index in [4.69, 9.17) is 0 Å². The van der Waals surface area contributed by atoms with Crippen LogP contribution in [0.4, 0.5) is 0 Å². The first-order valence-electron chi connectivity index (χ1n) is 10.8. The van der Waals surface area contributed by atoms with Crippen molar-refractivity contribution in [1.29, 1.82) is 0 Å². The van der Waals surface area contributed by atoms with Gasteiger partial charge < -0.3 is 15.4 Å². The van der Waals surface area contributed by atoms with Gasteiger partial charge in [-0.1, -0.05) is 52.5 Å². The Labute approximate surface area is 174 Å². The van der Waals surface area contributed by atoms with Gasteiger partial charge in [-0.15, -0.1) is 6.58 Å². The molecule has 3 aliphatic carbocycles. The lowest BCUT2D eigenvalue weighted by Crippen LogP contribution is -3.03. The summed E-state index contributed by atoms with van der Waals surface area (Å²) in [5.41, 5.74) is 3.11. The number of aliphatic hydroxyl groups is 1.